The first kappa shape index (κ1) is 14.9. The number of amides is 1. The van der Waals surface area contributed by atoms with Crippen LogP contribution in [0.3, 0.4) is 0 Å². The molecule has 0 aliphatic carbocycles. The third kappa shape index (κ3) is 2.99. The molecule has 0 heterocycles. The Morgan fingerprint density at radius 2 is 1.71 bits per heavy atom. The fourth-order valence-electron chi connectivity index (χ4n) is 2.17. The van der Waals surface area contributed by atoms with Crippen LogP contribution in [0.4, 0.5) is 0 Å². The molecule has 1 atom stereocenters. The van der Waals surface area contributed by atoms with Gasteiger partial charge in [-0.25, -0.2) is 0 Å². The van der Waals surface area contributed by atoms with Crippen LogP contribution in [-0.4, -0.2) is 28.1 Å². The molecule has 0 radical (unpaired) electrons. The van der Waals surface area contributed by atoms with Crippen molar-refractivity contribution in [2.45, 2.75) is 19.9 Å². The van der Waals surface area contributed by atoms with E-state index < -0.39 is 0 Å². The van der Waals surface area contributed by atoms with Crippen LogP contribution in [0.2, 0.25) is 0 Å². The van der Waals surface area contributed by atoms with Gasteiger partial charge < -0.3 is 15.1 Å². The van der Waals surface area contributed by atoms with Crippen molar-refractivity contribution in [3.8, 4) is 11.5 Å². The number of carbonyl (C=O) groups is 1. The van der Waals surface area contributed by atoms with Gasteiger partial charge in [0.25, 0.3) is 5.91 Å². The second-order valence-electron chi connectivity index (χ2n) is 5.15. The van der Waals surface area contributed by atoms with E-state index in [0.29, 0.717) is 11.1 Å². The highest BCUT2D eigenvalue weighted by atomic mass is 16.3. The van der Waals surface area contributed by atoms with Crippen molar-refractivity contribution in [3.05, 3.63) is 59.2 Å². The molecule has 0 spiro atoms. The Labute approximate surface area is 124 Å². The Bertz CT molecular complexity index is 650. The standard InChI is InChI=1S/C17H19NO3/c1-11-5-4-6-15(16(11)20)17(21)18(3)12(2)13-7-9-14(19)10-8-13/h4-10,12,19-20H,1-3H3. The zero-order chi connectivity index (χ0) is 15.6. The van der Waals surface area contributed by atoms with Gasteiger partial charge in [0.1, 0.15) is 11.5 Å². The van der Waals surface area contributed by atoms with Gasteiger partial charge in [0, 0.05) is 7.05 Å². The van der Waals surface area contributed by atoms with Crippen LogP contribution < -0.4 is 0 Å². The number of benzene rings is 2. The first-order chi connectivity index (χ1) is 9.91. The Kier molecular flexibility index (Phi) is 4.17. The smallest absolute Gasteiger partial charge is 0.257 e. The summed E-state index contributed by atoms with van der Waals surface area (Å²) in [7, 11) is 1.70. The van der Waals surface area contributed by atoms with E-state index in [1.54, 1.807) is 61.3 Å². The molecular formula is C17H19NO3. The summed E-state index contributed by atoms with van der Waals surface area (Å²) in [6.07, 6.45) is 0. The van der Waals surface area contributed by atoms with Gasteiger partial charge in [0.15, 0.2) is 0 Å². The molecule has 0 fully saturated rings. The van der Waals surface area contributed by atoms with Crippen molar-refractivity contribution in [1.29, 1.82) is 0 Å². The van der Waals surface area contributed by atoms with Crippen molar-refractivity contribution in [1.82, 2.24) is 4.90 Å². The van der Waals surface area contributed by atoms with Gasteiger partial charge in [-0.3, -0.25) is 4.79 Å². The average Bonchev–Trinajstić information content (AvgIpc) is 2.48. The lowest BCUT2D eigenvalue weighted by molar-refractivity contribution is 0.0739. The third-order valence-corrected chi connectivity index (χ3v) is 3.74. The maximum atomic E-state index is 12.5. The number of hydrogen-bond donors (Lipinski definition) is 2. The quantitative estimate of drug-likeness (QED) is 0.910. The van der Waals surface area contributed by atoms with E-state index in [1.165, 1.54) is 0 Å². The highest BCUT2D eigenvalue weighted by Crippen LogP contribution is 2.27. The molecule has 0 bridgehead atoms. The van der Waals surface area contributed by atoms with E-state index in [4.69, 9.17) is 0 Å². The first-order valence-electron chi connectivity index (χ1n) is 6.76. The second-order valence-corrected chi connectivity index (χ2v) is 5.15. The molecule has 2 aromatic rings. The fraction of sp³-hybridized carbons (Fsp3) is 0.235. The Balaban J connectivity index is 2.26. The predicted octanol–water partition coefficient (Wildman–Crippen LogP) is 3.24. The van der Waals surface area contributed by atoms with Gasteiger partial charge in [-0.2, -0.15) is 0 Å². The Morgan fingerprint density at radius 3 is 2.33 bits per heavy atom. The second kappa shape index (κ2) is 5.87. The van der Waals surface area contributed by atoms with Crippen molar-refractivity contribution < 1.29 is 15.0 Å². The molecule has 4 nitrogen and oxygen atoms in total. The number of phenolic OH excluding ortho intramolecular Hbond substituents is 2. The molecule has 110 valence electrons. The molecule has 1 amide bonds. The molecule has 2 N–H and O–H groups in total. The Morgan fingerprint density at radius 1 is 1.10 bits per heavy atom. The van der Waals surface area contributed by atoms with Crippen LogP contribution in [0.5, 0.6) is 11.5 Å². The van der Waals surface area contributed by atoms with E-state index in [0.717, 1.165) is 5.56 Å². The van der Waals surface area contributed by atoms with Crippen molar-refractivity contribution in [2.75, 3.05) is 7.05 Å². The van der Waals surface area contributed by atoms with E-state index in [1.807, 2.05) is 6.92 Å². The summed E-state index contributed by atoms with van der Waals surface area (Å²) in [6.45, 7) is 3.66. The van der Waals surface area contributed by atoms with E-state index in [9.17, 15) is 15.0 Å². The summed E-state index contributed by atoms with van der Waals surface area (Å²) in [4.78, 5) is 14.1. The van der Waals surface area contributed by atoms with Crippen LogP contribution in [0.25, 0.3) is 0 Å². The minimum Gasteiger partial charge on any atom is -0.508 e. The molecule has 2 rings (SSSR count). The molecule has 4 heteroatoms. The number of aromatic hydroxyl groups is 2. The summed E-state index contributed by atoms with van der Waals surface area (Å²) in [5.74, 6) is -0.0275. The van der Waals surface area contributed by atoms with Crippen molar-refractivity contribution >= 4 is 5.91 Å². The largest absolute Gasteiger partial charge is 0.508 e. The van der Waals surface area contributed by atoms with Crippen LogP contribution in [0.1, 0.15) is 34.5 Å². The first-order valence-corrected chi connectivity index (χ1v) is 6.76. The van der Waals surface area contributed by atoms with Crippen molar-refractivity contribution in [3.63, 3.8) is 0 Å². The number of carbonyl (C=O) groups excluding carboxylic acids is 1. The normalized spacial score (nSPS) is 12.0. The summed E-state index contributed by atoms with van der Waals surface area (Å²) in [6, 6.07) is 11.7. The maximum absolute atomic E-state index is 12.5. The third-order valence-electron chi connectivity index (χ3n) is 3.74. The van der Waals surface area contributed by atoms with Gasteiger partial charge in [-0.15, -0.1) is 0 Å². The van der Waals surface area contributed by atoms with Crippen LogP contribution in [0.15, 0.2) is 42.5 Å². The maximum Gasteiger partial charge on any atom is 0.257 e. The van der Waals surface area contributed by atoms with E-state index in [-0.39, 0.29) is 23.4 Å². The summed E-state index contributed by atoms with van der Waals surface area (Å²) in [5, 5.41) is 19.3. The summed E-state index contributed by atoms with van der Waals surface area (Å²) in [5.41, 5.74) is 1.88. The molecular weight excluding hydrogens is 266 g/mol. The zero-order valence-corrected chi connectivity index (χ0v) is 12.4. The molecule has 0 saturated carbocycles. The number of rotatable bonds is 3. The van der Waals surface area contributed by atoms with Gasteiger partial charge >= 0.3 is 0 Å². The summed E-state index contributed by atoms with van der Waals surface area (Å²) < 4.78 is 0. The Hall–Kier alpha value is -2.49. The van der Waals surface area contributed by atoms with Gasteiger partial charge in [0.2, 0.25) is 0 Å². The van der Waals surface area contributed by atoms with Gasteiger partial charge in [-0.1, -0.05) is 24.3 Å². The number of aryl methyl sites for hydroxylation is 1. The lowest BCUT2D eigenvalue weighted by atomic mass is 10.0. The SMILES string of the molecule is Cc1cccc(C(=O)N(C)C(C)c2ccc(O)cc2)c1O. The summed E-state index contributed by atoms with van der Waals surface area (Å²) >= 11 is 0. The van der Waals surface area contributed by atoms with Crippen LogP contribution in [-0.2, 0) is 0 Å². The average molecular weight is 285 g/mol. The minimum atomic E-state index is -0.239. The number of phenols is 2. The van der Waals surface area contributed by atoms with Crippen LogP contribution in [0, 0.1) is 6.92 Å². The lowest BCUT2D eigenvalue weighted by Crippen LogP contribution is -2.29. The van der Waals surface area contributed by atoms with Crippen LogP contribution >= 0.6 is 0 Å². The van der Waals surface area contributed by atoms with Crippen molar-refractivity contribution in [2.24, 2.45) is 0 Å². The monoisotopic (exact) mass is 285 g/mol. The molecule has 21 heavy (non-hydrogen) atoms. The van der Waals surface area contributed by atoms with Gasteiger partial charge in [0.05, 0.1) is 11.6 Å². The van der Waals surface area contributed by atoms with E-state index in [2.05, 4.69) is 0 Å². The number of para-hydroxylation sites is 1. The predicted molar refractivity (Wildman–Crippen MR) is 81.5 cm³/mol. The molecule has 0 saturated heterocycles. The number of hydrogen-bond acceptors (Lipinski definition) is 3. The van der Waals surface area contributed by atoms with E-state index >= 15 is 0 Å². The fourth-order valence-corrected chi connectivity index (χ4v) is 2.17. The molecule has 1 unspecified atom stereocenters. The molecule has 0 aliphatic rings. The zero-order valence-electron chi connectivity index (χ0n) is 12.4. The number of nitrogens with zero attached hydrogens (tertiary/aromatic N) is 1. The lowest BCUT2D eigenvalue weighted by Gasteiger charge is -2.26. The molecule has 2 aromatic carbocycles. The molecule has 0 aromatic heterocycles. The molecule has 0 aliphatic heterocycles. The highest BCUT2D eigenvalue weighted by Gasteiger charge is 2.21. The topological polar surface area (TPSA) is 60.8 Å². The minimum absolute atomic E-state index is 0.0206. The highest BCUT2D eigenvalue weighted by molar-refractivity contribution is 5.97. The van der Waals surface area contributed by atoms with Gasteiger partial charge in [-0.05, 0) is 43.2 Å².